The number of hydrogen-bond acceptors (Lipinski definition) is 3. The summed E-state index contributed by atoms with van der Waals surface area (Å²) in [6, 6.07) is 8.68. The maximum absolute atomic E-state index is 12.1. The summed E-state index contributed by atoms with van der Waals surface area (Å²) in [4.78, 5) is 14.7. The minimum atomic E-state index is 0.148. The minimum absolute atomic E-state index is 0.148. The van der Waals surface area contributed by atoms with Crippen molar-refractivity contribution in [3.05, 3.63) is 35.4 Å². The Hall–Kier alpha value is -1.39. The lowest BCUT2D eigenvalue weighted by atomic mass is 10.1. The van der Waals surface area contributed by atoms with Gasteiger partial charge < -0.3 is 10.6 Å². The molecule has 0 aromatic heterocycles. The van der Waals surface area contributed by atoms with E-state index in [1.807, 2.05) is 0 Å². The number of likely N-dealkylation sites (tertiary alicyclic amines) is 1. The monoisotopic (exact) mass is 315 g/mol. The number of benzene rings is 1. The second kappa shape index (κ2) is 8.46. The van der Waals surface area contributed by atoms with Crippen LogP contribution in [0.3, 0.4) is 0 Å². The van der Waals surface area contributed by atoms with Crippen LogP contribution in [0, 0.1) is 5.92 Å². The molecule has 4 nitrogen and oxygen atoms in total. The van der Waals surface area contributed by atoms with Crippen molar-refractivity contribution in [2.45, 2.75) is 45.2 Å². The van der Waals surface area contributed by atoms with Gasteiger partial charge >= 0.3 is 0 Å². The smallest absolute Gasteiger partial charge is 0.224 e. The van der Waals surface area contributed by atoms with E-state index in [9.17, 15) is 4.79 Å². The van der Waals surface area contributed by atoms with Crippen LogP contribution < -0.4 is 10.6 Å². The summed E-state index contributed by atoms with van der Waals surface area (Å²) in [6.45, 7) is 5.90. The Bertz CT molecular complexity index is 503. The molecule has 1 atom stereocenters. The molecule has 4 heteroatoms. The quantitative estimate of drug-likeness (QED) is 0.876. The van der Waals surface area contributed by atoms with Crippen LogP contribution in [0.4, 0.5) is 0 Å². The van der Waals surface area contributed by atoms with Gasteiger partial charge in [-0.3, -0.25) is 9.69 Å². The lowest BCUT2D eigenvalue weighted by Crippen LogP contribution is -2.31. The number of amides is 1. The van der Waals surface area contributed by atoms with Crippen LogP contribution in [0.1, 0.15) is 43.2 Å². The van der Waals surface area contributed by atoms with E-state index < -0.39 is 0 Å². The van der Waals surface area contributed by atoms with Gasteiger partial charge in [-0.25, -0.2) is 0 Å². The Labute approximate surface area is 139 Å². The highest BCUT2D eigenvalue weighted by molar-refractivity contribution is 5.79. The third-order valence-corrected chi connectivity index (χ3v) is 4.99. The topological polar surface area (TPSA) is 44.4 Å². The molecule has 1 amide bonds. The largest absolute Gasteiger partial charge is 0.352 e. The number of hydrogen-bond donors (Lipinski definition) is 2. The summed E-state index contributed by atoms with van der Waals surface area (Å²) in [5, 5.41) is 6.33. The van der Waals surface area contributed by atoms with Crippen molar-refractivity contribution in [1.82, 2.24) is 15.5 Å². The van der Waals surface area contributed by atoms with Gasteiger partial charge in [-0.1, -0.05) is 37.1 Å². The number of carbonyl (C=O) groups excluding carboxylic acids is 1. The Balaban J connectivity index is 1.51. The van der Waals surface area contributed by atoms with Crippen molar-refractivity contribution in [3.8, 4) is 0 Å². The lowest BCUT2D eigenvalue weighted by Gasteiger charge is -2.20. The van der Waals surface area contributed by atoms with Crippen molar-refractivity contribution in [2.75, 3.05) is 26.2 Å². The first-order chi connectivity index (χ1) is 11.3. The Morgan fingerprint density at radius 2 is 1.96 bits per heavy atom. The summed E-state index contributed by atoms with van der Waals surface area (Å²) in [6.07, 6.45) is 6.36. The van der Waals surface area contributed by atoms with Crippen molar-refractivity contribution >= 4 is 5.91 Å². The molecule has 1 unspecified atom stereocenters. The van der Waals surface area contributed by atoms with Crippen molar-refractivity contribution < 1.29 is 4.79 Å². The predicted octanol–water partition coefficient (Wildman–Crippen LogP) is 2.29. The van der Waals surface area contributed by atoms with Crippen LogP contribution in [0.5, 0.6) is 0 Å². The van der Waals surface area contributed by atoms with Crippen LogP contribution in [0.15, 0.2) is 24.3 Å². The molecule has 0 spiro atoms. The number of rotatable bonds is 5. The van der Waals surface area contributed by atoms with E-state index in [4.69, 9.17) is 0 Å². The molecule has 2 aliphatic rings. The van der Waals surface area contributed by atoms with E-state index in [-0.39, 0.29) is 11.8 Å². The Kier molecular flexibility index (Phi) is 6.06. The zero-order valence-electron chi connectivity index (χ0n) is 14.0. The molecule has 2 N–H and O–H groups in total. The van der Waals surface area contributed by atoms with Crippen molar-refractivity contribution in [1.29, 1.82) is 0 Å². The zero-order valence-corrected chi connectivity index (χ0v) is 14.0. The summed E-state index contributed by atoms with van der Waals surface area (Å²) in [5.74, 6) is 0.336. The van der Waals surface area contributed by atoms with Crippen LogP contribution in [-0.4, -0.2) is 37.0 Å². The minimum Gasteiger partial charge on any atom is -0.352 e. The molecule has 2 fully saturated rings. The average Bonchev–Trinajstić information content (AvgIpc) is 2.99. The summed E-state index contributed by atoms with van der Waals surface area (Å²) in [7, 11) is 0. The van der Waals surface area contributed by atoms with Gasteiger partial charge in [0.25, 0.3) is 0 Å². The highest BCUT2D eigenvalue weighted by Gasteiger charge is 2.21. The molecule has 3 rings (SSSR count). The predicted molar refractivity (Wildman–Crippen MR) is 93.0 cm³/mol. The molecule has 0 aliphatic carbocycles. The van der Waals surface area contributed by atoms with E-state index in [1.165, 1.54) is 49.9 Å². The average molecular weight is 315 g/mol. The molecular formula is C19H29N3O. The fraction of sp³-hybridized carbons (Fsp3) is 0.632. The van der Waals surface area contributed by atoms with Gasteiger partial charge in [-0.05, 0) is 50.0 Å². The first-order valence-electron chi connectivity index (χ1n) is 9.10. The zero-order chi connectivity index (χ0) is 15.9. The van der Waals surface area contributed by atoms with Gasteiger partial charge in [0, 0.05) is 19.6 Å². The molecule has 0 bridgehead atoms. The number of nitrogens with zero attached hydrogens (tertiary/aromatic N) is 1. The third kappa shape index (κ3) is 5.05. The highest BCUT2D eigenvalue weighted by atomic mass is 16.1. The fourth-order valence-electron chi connectivity index (χ4n) is 3.60. The molecule has 2 aliphatic heterocycles. The Morgan fingerprint density at radius 1 is 1.17 bits per heavy atom. The second-order valence-electron chi connectivity index (χ2n) is 6.92. The molecule has 1 aromatic carbocycles. The van der Waals surface area contributed by atoms with Crippen LogP contribution in [-0.2, 0) is 17.9 Å². The molecular weight excluding hydrogens is 286 g/mol. The molecule has 1 aromatic rings. The summed E-state index contributed by atoms with van der Waals surface area (Å²) >= 11 is 0. The maximum atomic E-state index is 12.1. The molecule has 0 saturated carbocycles. The highest BCUT2D eigenvalue weighted by Crippen LogP contribution is 2.14. The molecule has 23 heavy (non-hydrogen) atoms. The van der Waals surface area contributed by atoms with Crippen molar-refractivity contribution in [3.63, 3.8) is 0 Å². The van der Waals surface area contributed by atoms with Crippen LogP contribution in [0.2, 0.25) is 0 Å². The maximum Gasteiger partial charge on any atom is 0.224 e. The van der Waals surface area contributed by atoms with Crippen molar-refractivity contribution in [2.24, 2.45) is 5.92 Å². The molecule has 2 saturated heterocycles. The fourth-order valence-corrected chi connectivity index (χ4v) is 3.60. The normalized spacial score (nSPS) is 22.7. The number of nitrogens with one attached hydrogen (secondary N) is 2. The van der Waals surface area contributed by atoms with Gasteiger partial charge in [0.05, 0.1) is 5.92 Å². The Morgan fingerprint density at radius 3 is 2.70 bits per heavy atom. The van der Waals surface area contributed by atoms with Gasteiger partial charge in [-0.15, -0.1) is 0 Å². The second-order valence-corrected chi connectivity index (χ2v) is 6.92. The van der Waals surface area contributed by atoms with E-state index in [1.54, 1.807) is 0 Å². The van der Waals surface area contributed by atoms with E-state index in [0.717, 1.165) is 26.1 Å². The van der Waals surface area contributed by atoms with Gasteiger partial charge in [0.15, 0.2) is 0 Å². The van der Waals surface area contributed by atoms with E-state index in [2.05, 4.69) is 39.8 Å². The first kappa shape index (κ1) is 16.5. The SMILES string of the molecule is O=C(NCc1cccc(CN2CCCCCC2)c1)C1CCNC1. The number of carbonyl (C=O) groups is 1. The molecule has 126 valence electrons. The summed E-state index contributed by atoms with van der Waals surface area (Å²) in [5.41, 5.74) is 2.57. The molecule has 2 heterocycles. The van der Waals surface area contributed by atoms with Crippen LogP contribution in [0.25, 0.3) is 0 Å². The van der Waals surface area contributed by atoms with Gasteiger partial charge in [0.1, 0.15) is 0 Å². The van der Waals surface area contributed by atoms with Gasteiger partial charge in [-0.2, -0.15) is 0 Å². The van der Waals surface area contributed by atoms with E-state index >= 15 is 0 Å². The van der Waals surface area contributed by atoms with Crippen LogP contribution >= 0.6 is 0 Å². The standard InChI is InChI=1S/C19H29N3O/c23-19(18-8-9-20-14-18)21-13-16-6-5-7-17(12-16)15-22-10-3-1-2-4-11-22/h5-7,12,18,20H,1-4,8-11,13-15H2,(H,21,23). The molecule has 0 radical (unpaired) electrons. The first-order valence-corrected chi connectivity index (χ1v) is 9.10. The van der Waals surface area contributed by atoms with Gasteiger partial charge in [0.2, 0.25) is 5.91 Å². The third-order valence-electron chi connectivity index (χ3n) is 4.99. The van der Waals surface area contributed by atoms with E-state index in [0.29, 0.717) is 6.54 Å². The summed E-state index contributed by atoms with van der Waals surface area (Å²) < 4.78 is 0. The lowest BCUT2D eigenvalue weighted by molar-refractivity contribution is -0.124.